The standard InChI is InChI=1S/C24H26N2O3/c1-28-21-11-10-20(24(16-21)29-2)18-26(13-6-3-7-15-27)14-12-19-17-25-23-9-5-4-8-22(19)23/h3-11,13,15-17,25H,12,14,18H2,1-2H3/b7-3+,13-6+. The molecule has 0 aliphatic rings. The van der Waals surface area contributed by atoms with Crippen molar-refractivity contribution < 1.29 is 14.3 Å². The van der Waals surface area contributed by atoms with Crippen LogP contribution >= 0.6 is 0 Å². The van der Waals surface area contributed by atoms with Crippen LogP contribution in [-0.4, -0.2) is 36.9 Å². The second kappa shape index (κ2) is 10.2. The van der Waals surface area contributed by atoms with Gasteiger partial charge in [0.25, 0.3) is 0 Å². The minimum absolute atomic E-state index is 0.682. The highest BCUT2D eigenvalue weighted by Gasteiger charge is 2.10. The van der Waals surface area contributed by atoms with E-state index < -0.39 is 0 Å². The molecule has 0 radical (unpaired) electrons. The van der Waals surface area contributed by atoms with Crippen molar-refractivity contribution in [3.63, 3.8) is 0 Å². The number of nitrogens with zero attached hydrogens (tertiary/aromatic N) is 1. The number of hydrogen-bond acceptors (Lipinski definition) is 4. The summed E-state index contributed by atoms with van der Waals surface area (Å²) in [5.41, 5.74) is 3.50. The van der Waals surface area contributed by atoms with Gasteiger partial charge in [0.1, 0.15) is 17.8 Å². The van der Waals surface area contributed by atoms with Crippen molar-refractivity contribution in [3.8, 4) is 11.5 Å². The van der Waals surface area contributed by atoms with E-state index in [4.69, 9.17) is 9.47 Å². The Morgan fingerprint density at radius 3 is 2.66 bits per heavy atom. The van der Waals surface area contributed by atoms with Gasteiger partial charge in [0.2, 0.25) is 0 Å². The van der Waals surface area contributed by atoms with E-state index in [0.717, 1.165) is 41.8 Å². The Kier molecular flexibility index (Phi) is 7.11. The first-order valence-electron chi connectivity index (χ1n) is 9.53. The van der Waals surface area contributed by atoms with Gasteiger partial charge in [0, 0.05) is 41.8 Å². The van der Waals surface area contributed by atoms with E-state index in [1.807, 2.05) is 36.5 Å². The number of benzene rings is 2. The number of ether oxygens (including phenoxy) is 2. The number of para-hydroxylation sites is 1. The van der Waals surface area contributed by atoms with Crippen molar-refractivity contribution >= 4 is 17.2 Å². The summed E-state index contributed by atoms with van der Waals surface area (Å²) in [5.74, 6) is 1.55. The van der Waals surface area contributed by atoms with Crippen molar-refractivity contribution in [1.82, 2.24) is 9.88 Å². The van der Waals surface area contributed by atoms with Crippen molar-refractivity contribution in [3.05, 3.63) is 84.2 Å². The second-order valence-corrected chi connectivity index (χ2v) is 6.62. The number of aromatic nitrogens is 1. The fourth-order valence-electron chi connectivity index (χ4n) is 3.29. The first-order chi connectivity index (χ1) is 14.2. The monoisotopic (exact) mass is 390 g/mol. The van der Waals surface area contributed by atoms with Gasteiger partial charge in [-0.2, -0.15) is 0 Å². The van der Waals surface area contributed by atoms with E-state index in [9.17, 15) is 4.79 Å². The largest absolute Gasteiger partial charge is 0.497 e. The molecule has 0 saturated carbocycles. The van der Waals surface area contributed by atoms with E-state index in [1.54, 1.807) is 20.3 Å². The number of allylic oxidation sites excluding steroid dienone is 3. The van der Waals surface area contributed by atoms with Crippen LogP contribution in [0, 0.1) is 0 Å². The Morgan fingerprint density at radius 2 is 1.86 bits per heavy atom. The molecule has 2 aromatic carbocycles. The number of aromatic amines is 1. The normalized spacial score (nSPS) is 11.4. The van der Waals surface area contributed by atoms with E-state index in [-0.39, 0.29) is 0 Å². The third kappa shape index (κ3) is 5.29. The van der Waals surface area contributed by atoms with E-state index in [2.05, 4.69) is 34.3 Å². The number of rotatable bonds is 10. The molecule has 1 N–H and O–H groups in total. The minimum atomic E-state index is 0.682. The molecule has 0 fully saturated rings. The van der Waals surface area contributed by atoms with E-state index in [0.29, 0.717) is 6.54 Å². The maximum absolute atomic E-state index is 10.5. The summed E-state index contributed by atoms with van der Waals surface area (Å²) in [6.07, 6.45) is 10.8. The molecule has 3 aromatic rings. The molecule has 0 amide bonds. The van der Waals surface area contributed by atoms with Gasteiger partial charge in [-0.3, -0.25) is 4.79 Å². The Morgan fingerprint density at radius 1 is 1.00 bits per heavy atom. The summed E-state index contributed by atoms with van der Waals surface area (Å²) >= 11 is 0. The Hall–Kier alpha value is -3.47. The molecule has 1 aromatic heterocycles. The molecule has 29 heavy (non-hydrogen) atoms. The van der Waals surface area contributed by atoms with Gasteiger partial charge in [0.05, 0.1) is 14.2 Å². The molecule has 1 heterocycles. The Bertz CT molecular complexity index is 1000. The average Bonchev–Trinajstić information content (AvgIpc) is 3.18. The number of aldehydes is 1. The molecule has 0 aliphatic heterocycles. The number of carbonyl (C=O) groups is 1. The zero-order valence-electron chi connectivity index (χ0n) is 16.8. The molecule has 0 atom stereocenters. The van der Waals surface area contributed by atoms with Crippen LogP contribution in [0.5, 0.6) is 11.5 Å². The molecule has 150 valence electrons. The van der Waals surface area contributed by atoms with Gasteiger partial charge in [-0.05, 0) is 48.5 Å². The first-order valence-corrected chi connectivity index (χ1v) is 9.53. The molecule has 0 unspecified atom stereocenters. The lowest BCUT2D eigenvalue weighted by Gasteiger charge is -2.22. The highest BCUT2D eigenvalue weighted by atomic mass is 16.5. The summed E-state index contributed by atoms with van der Waals surface area (Å²) in [6.45, 7) is 1.50. The van der Waals surface area contributed by atoms with Crippen molar-refractivity contribution in [2.24, 2.45) is 0 Å². The van der Waals surface area contributed by atoms with Gasteiger partial charge in [-0.15, -0.1) is 0 Å². The highest BCUT2D eigenvalue weighted by molar-refractivity contribution is 5.83. The van der Waals surface area contributed by atoms with E-state index >= 15 is 0 Å². The molecule has 3 rings (SSSR count). The maximum atomic E-state index is 10.5. The van der Waals surface area contributed by atoms with Crippen LogP contribution in [0.2, 0.25) is 0 Å². The minimum Gasteiger partial charge on any atom is -0.497 e. The molecule has 0 spiro atoms. The van der Waals surface area contributed by atoms with Crippen LogP contribution in [0.3, 0.4) is 0 Å². The highest BCUT2D eigenvalue weighted by Crippen LogP contribution is 2.26. The number of H-pyrrole nitrogens is 1. The number of nitrogens with one attached hydrogen (secondary N) is 1. The van der Waals surface area contributed by atoms with Crippen molar-refractivity contribution in [2.45, 2.75) is 13.0 Å². The van der Waals surface area contributed by atoms with Gasteiger partial charge >= 0.3 is 0 Å². The van der Waals surface area contributed by atoms with Crippen molar-refractivity contribution in [2.75, 3.05) is 20.8 Å². The Balaban J connectivity index is 1.78. The van der Waals surface area contributed by atoms with Gasteiger partial charge in [0.15, 0.2) is 0 Å². The molecule has 0 bridgehead atoms. The number of fused-ring (bicyclic) bond motifs is 1. The van der Waals surface area contributed by atoms with Crippen LogP contribution in [0.15, 0.2) is 73.1 Å². The lowest BCUT2D eigenvalue weighted by Crippen LogP contribution is -2.20. The molecule has 0 saturated heterocycles. The van der Waals surface area contributed by atoms with E-state index in [1.165, 1.54) is 17.0 Å². The summed E-state index contributed by atoms with van der Waals surface area (Å²) in [6, 6.07) is 14.2. The third-order valence-corrected chi connectivity index (χ3v) is 4.81. The van der Waals surface area contributed by atoms with Gasteiger partial charge in [-0.1, -0.05) is 24.3 Å². The fraction of sp³-hybridized carbons (Fsp3) is 0.208. The number of methoxy groups -OCH3 is 2. The van der Waals surface area contributed by atoms with Crippen molar-refractivity contribution in [1.29, 1.82) is 0 Å². The van der Waals surface area contributed by atoms with Gasteiger partial charge in [-0.25, -0.2) is 0 Å². The maximum Gasteiger partial charge on any atom is 0.142 e. The smallest absolute Gasteiger partial charge is 0.142 e. The van der Waals surface area contributed by atoms with Crippen LogP contribution in [-0.2, 0) is 17.8 Å². The topological polar surface area (TPSA) is 54.6 Å². The summed E-state index contributed by atoms with van der Waals surface area (Å²) < 4.78 is 10.8. The summed E-state index contributed by atoms with van der Waals surface area (Å²) in [5, 5.41) is 1.25. The van der Waals surface area contributed by atoms with Gasteiger partial charge < -0.3 is 19.4 Å². The second-order valence-electron chi connectivity index (χ2n) is 6.62. The summed E-state index contributed by atoms with van der Waals surface area (Å²) in [4.78, 5) is 16.1. The SMILES string of the molecule is COc1ccc(CN(/C=C/C=C/C=O)CCc2c[nH]c3ccccc23)c(OC)c1. The zero-order valence-corrected chi connectivity index (χ0v) is 16.8. The van der Waals surface area contributed by atoms with Crippen LogP contribution in [0.1, 0.15) is 11.1 Å². The fourth-order valence-corrected chi connectivity index (χ4v) is 3.29. The molecule has 0 aliphatic carbocycles. The predicted octanol–water partition coefficient (Wildman–Crippen LogP) is 4.50. The Labute approximate surface area is 171 Å². The lowest BCUT2D eigenvalue weighted by atomic mass is 10.1. The lowest BCUT2D eigenvalue weighted by molar-refractivity contribution is -0.104. The first kappa shape index (κ1) is 20.3. The molecule has 5 nitrogen and oxygen atoms in total. The molecular weight excluding hydrogens is 364 g/mol. The van der Waals surface area contributed by atoms with Crippen LogP contribution in [0.25, 0.3) is 10.9 Å². The zero-order chi connectivity index (χ0) is 20.5. The quantitative estimate of drug-likeness (QED) is 0.315. The summed E-state index contributed by atoms with van der Waals surface area (Å²) in [7, 11) is 3.31. The number of hydrogen-bond donors (Lipinski definition) is 1. The average molecular weight is 390 g/mol. The predicted molar refractivity (Wildman–Crippen MR) is 116 cm³/mol. The number of carbonyl (C=O) groups excluding carboxylic acids is 1. The van der Waals surface area contributed by atoms with Crippen LogP contribution in [0.4, 0.5) is 0 Å². The van der Waals surface area contributed by atoms with Crippen LogP contribution < -0.4 is 9.47 Å². The third-order valence-electron chi connectivity index (χ3n) is 4.81. The molecular formula is C24H26N2O3. The molecule has 5 heteroatoms.